The van der Waals surface area contributed by atoms with Crippen molar-refractivity contribution < 1.29 is 9.18 Å². The number of aromatic nitrogens is 1. The SMILES string of the molecule is C=CCc1cc(-c2ccc[nH]2)c2c3c(ccc(F)c13)NC2=O. The number of rotatable bonds is 3. The zero-order chi connectivity index (χ0) is 15.3. The van der Waals surface area contributed by atoms with Gasteiger partial charge in [0.2, 0.25) is 0 Å². The van der Waals surface area contributed by atoms with Crippen molar-refractivity contribution in [2.24, 2.45) is 0 Å². The molecule has 0 unspecified atom stereocenters. The van der Waals surface area contributed by atoms with E-state index in [-0.39, 0.29) is 11.7 Å². The number of amides is 1. The summed E-state index contributed by atoms with van der Waals surface area (Å²) in [4.78, 5) is 15.5. The zero-order valence-electron chi connectivity index (χ0n) is 11.7. The van der Waals surface area contributed by atoms with E-state index in [0.29, 0.717) is 28.4 Å². The molecule has 108 valence electrons. The molecule has 2 N–H and O–H groups in total. The molecular formula is C18H13FN2O. The summed E-state index contributed by atoms with van der Waals surface area (Å²) < 4.78 is 14.4. The summed E-state index contributed by atoms with van der Waals surface area (Å²) >= 11 is 0. The maximum absolute atomic E-state index is 14.4. The summed E-state index contributed by atoms with van der Waals surface area (Å²) in [5, 5.41) is 3.99. The van der Waals surface area contributed by atoms with Crippen LogP contribution in [0, 0.1) is 5.82 Å². The number of allylic oxidation sites excluding steroid dienone is 1. The van der Waals surface area contributed by atoms with Crippen LogP contribution < -0.4 is 5.32 Å². The molecule has 1 aromatic heterocycles. The summed E-state index contributed by atoms with van der Waals surface area (Å²) in [6.45, 7) is 3.75. The van der Waals surface area contributed by atoms with Gasteiger partial charge in [0, 0.05) is 33.9 Å². The van der Waals surface area contributed by atoms with E-state index in [1.165, 1.54) is 6.07 Å². The average Bonchev–Trinajstić information content (AvgIpc) is 3.13. The van der Waals surface area contributed by atoms with Gasteiger partial charge in [0.05, 0.1) is 5.56 Å². The largest absolute Gasteiger partial charge is 0.361 e. The Morgan fingerprint density at radius 3 is 2.82 bits per heavy atom. The first-order valence-corrected chi connectivity index (χ1v) is 7.05. The predicted molar refractivity (Wildman–Crippen MR) is 85.5 cm³/mol. The first-order chi connectivity index (χ1) is 10.7. The third-order valence-electron chi connectivity index (χ3n) is 4.04. The van der Waals surface area contributed by atoms with Crippen molar-refractivity contribution in [3.05, 3.63) is 66.1 Å². The maximum Gasteiger partial charge on any atom is 0.257 e. The smallest absolute Gasteiger partial charge is 0.257 e. The van der Waals surface area contributed by atoms with Crippen molar-refractivity contribution >= 4 is 22.4 Å². The fourth-order valence-corrected chi connectivity index (χ4v) is 3.16. The lowest BCUT2D eigenvalue weighted by atomic mass is 9.92. The van der Waals surface area contributed by atoms with Crippen molar-refractivity contribution in [3.63, 3.8) is 0 Å². The monoisotopic (exact) mass is 292 g/mol. The van der Waals surface area contributed by atoms with Crippen LogP contribution in [0.25, 0.3) is 22.0 Å². The Balaban J connectivity index is 2.19. The lowest BCUT2D eigenvalue weighted by molar-refractivity contribution is 0.103. The van der Waals surface area contributed by atoms with Crippen LogP contribution in [0.3, 0.4) is 0 Å². The number of benzene rings is 2. The molecule has 3 aromatic rings. The molecule has 0 atom stereocenters. The van der Waals surface area contributed by atoms with Gasteiger partial charge in [0.25, 0.3) is 5.91 Å². The number of hydrogen-bond acceptors (Lipinski definition) is 1. The maximum atomic E-state index is 14.4. The number of halogens is 1. The number of aromatic amines is 1. The Hall–Kier alpha value is -2.88. The molecule has 2 aromatic carbocycles. The number of carbonyl (C=O) groups is 1. The van der Waals surface area contributed by atoms with Gasteiger partial charge in [-0.25, -0.2) is 4.39 Å². The standard InChI is InChI=1S/C18H13FN2O/c1-2-4-10-9-11(13-5-3-8-20-13)16-17-14(21-18(16)22)7-6-12(19)15(10)17/h2-3,5-9,20H,1,4H2,(H,21,22). The quantitative estimate of drug-likeness (QED) is 0.696. The summed E-state index contributed by atoms with van der Waals surface area (Å²) in [6.07, 6.45) is 4.09. The molecule has 0 bridgehead atoms. The lowest BCUT2D eigenvalue weighted by Gasteiger charge is -2.11. The minimum Gasteiger partial charge on any atom is -0.361 e. The molecule has 22 heavy (non-hydrogen) atoms. The fraction of sp³-hybridized carbons (Fsp3) is 0.0556. The molecule has 3 nitrogen and oxygen atoms in total. The minimum atomic E-state index is -0.314. The average molecular weight is 292 g/mol. The zero-order valence-corrected chi connectivity index (χ0v) is 11.7. The molecule has 1 amide bonds. The topological polar surface area (TPSA) is 44.9 Å². The van der Waals surface area contributed by atoms with Crippen molar-refractivity contribution in [1.29, 1.82) is 0 Å². The van der Waals surface area contributed by atoms with Crippen molar-refractivity contribution in [3.8, 4) is 11.3 Å². The van der Waals surface area contributed by atoms with Gasteiger partial charge < -0.3 is 10.3 Å². The molecule has 4 rings (SSSR count). The van der Waals surface area contributed by atoms with Crippen LogP contribution in [0.4, 0.5) is 10.1 Å². The van der Waals surface area contributed by atoms with Gasteiger partial charge in [0.15, 0.2) is 0 Å². The Bertz CT molecular complexity index is 926. The highest BCUT2D eigenvalue weighted by Gasteiger charge is 2.28. The van der Waals surface area contributed by atoms with Gasteiger partial charge >= 0.3 is 0 Å². The summed E-state index contributed by atoms with van der Waals surface area (Å²) in [5.41, 5.74) is 3.65. The second kappa shape index (κ2) is 4.56. The fourth-order valence-electron chi connectivity index (χ4n) is 3.16. The van der Waals surface area contributed by atoms with Crippen LogP contribution in [-0.4, -0.2) is 10.9 Å². The first kappa shape index (κ1) is 12.8. The molecule has 4 heteroatoms. The molecule has 0 spiro atoms. The number of H-pyrrole nitrogens is 1. The van der Waals surface area contributed by atoms with Gasteiger partial charge in [-0.2, -0.15) is 0 Å². The highest BCUT2D eigenvalue weighted by atomic mass is 19.1. The van der Waals surface area contributed by atoms with E-state index in [1.807, 2.05) is 18.2 Å². The summed E-state index contributed by atoms with van der Waals surface area (Å²) in [6, 6.07) is 8.66. The van der Waals surface area contributed by atoms with E-state index in [1.54, 1.807) is 18.3 Å². The third-order valence-corrected chi connectivity index (χ3v) is 4.04. The molecule has 0 fully saturated rings. The van der Waals surface area contributed by atoms with Crippen LogP contribution in [0.15, 0.2) is 49.2 Å². The van der Waals surface area contributed by atoms with Crippen molar-refractivity contribution in [1.82, 2.24) is 4.98 Å². The van der Waals surface area contributed by atoms with E-state index in [0.717, 1.165) is 16.8 Å². The van der Waals surface area contributed by atoms with Gasteiger partial charge in [-0.15, -0.1) is 6.58 Å². The Morgan fingerprint density at radius 1 is 1.23 bits per heavy atom. The van der Waals surface area contributed by atoms with Crippen LogP contribution in [0.1, 0.15) is 15.9 Å². The highest BCUT2D eigenvalue weighted by Crippen LogP contribution is 2.41. The van der Waals surface area contributed by atoms with E-state index < -0.39 is 0 Å². The Kier molecular flexibility index (Phi) is 2.66. The molecular weight excluding hydrogens is 279 g/mol. The summed E-state index contributed by atoms with van der Waals surface area (Å²) in [7, 11) is 0. The van der Waals surface area contributed by atoms with Crippen LogP contribution in [0.5, 0.6) is 0 Å². The van der Waals surface area contributed by atoms with Crippen molar-refractivity contribution in [2.45, 2.75) is 6.42 Å². The molecule has 2 heterocycles. The highest BCUT2D eigenvalue weighted by molar-refractivity contribution is 6.27. The Labute approximate surface area is 126 Å². The first-order valence-electron chi connectivity index (χ1n) is 7.05. The van der Waals surface area contributed by atoms with E-state index in [9.17, 15) is 9.18 Å². The van der Waals surface area contributed by atoms with Crippen LogP contribution >= 0.6 is 0 Å². The number of nitrogens with one attached hydrogen (secondary N) is 2. The van der Waals surface area contributed by atoms with Gasteiger partial charge in [-0.3, -0.25) is 4.79 Å². The van der Waals surface area contributed by atoms with Crippen molar-refractivity contribution in [2.75, 3.05) is 5.32 Å². The van der Waals surface area contributed by atoms with E-state index >= 15 is 0 Å². The van der Waals surface area contributed by atoms with Gasteiger partial charge in [-0.1, -0.05) is 6.08 Å². The molecule has 1 aliphatic rings. The predicted octanol–water partition coefficient (Wildman–Crippen LogP) is 4.27. The molecule has 0 saturated carbocycles. The number of carbonyl (C=O) groups excluding carboxylic acids is 1. The minimum absolute atomic E-state index is 0.194. The van der Waals surface area contributed by atoms with E-state index in [4.69, 9.17) is 0 Å². The molecule has 0 aliphatic carbocycles. The van der Waals surface area contributed by atoms with E-state index in [2.05, 4.69) is 16.9 Å². The second-order valence-corrected chi connectivity index (χ2v) is 5.33. The molecule has 0 radical (unpaired) electrons. The number of hydrogen-bond donors (Lipinski definition) is 2. The normalized spacial score (nSPS) is 12.7. The lowest BCUT2D eigenvalue weighted by Crippen LogP contribution is -2.06. The number of anilines is 1. The Morgan fingerprint density at radius 2 is 2.09 bits per heavy atom. The van der Waals surface area contributed by atoms with Gasteiger partial charge in [0.1, 0.15) is 5.82 Å². The second-order valence-electron chi connectivity index (χ2n) is 5.33. The summed E-state index contributed by atoms with van der Waals surface area (Å²) in [5.74, 6) is -0.508. The third kappa shape index (κ3) is 1.64. The van der Waals surface area contributed by atoms with Gasteiger partial charge in [-0.05, 0) is 42.3 Å². The van der Waals surface area contributed by atoms with Crippen LogP contribution in [0.2, 0.25) is 0 Å². The van der Waals surface area contributed by atoms with Crippen LogP contribution in [-0.2, 0) is 6.42 Å². The molecule has 0 saturated heterocycles. The molecule has 1 aliphatic heterocycles.